The van der Waals surface area contributed by atoms with Crippen LogP contribution < -0.4 is 0 Å². The van der Waals surface area contributed by atoms with Gasteiger partial charge in [0, 0.05) is 5.41 Å². The van der Waals surface area contributed by atoms with Crippen molar-refractivity contribution in [3.8, 4) is 0 Å². The standard InChI is InChI=1S/C8H16O4/c1-6(7(11)12)3-8(2,4-9)5-10/h6,9-10H,3-5H2,1-2H3,(H,11,12). The molecule has 0 aromatic rings. The maximum atomic E-state index is 10.4. The Morgan fingerprint density at radius 1 is 1.42 bits per heavy atom. The first kappa shape index (κ1) is 11.4. The highest BCUT2D eigenvalue weighted by Crippen LogP contribution is 2.24. The van der Waals surface area contributed by atoms with Crippen molar-refractivity contribution in [1.29, 1.82) is 0 Å². The quantitative estimate of drug-likeness (QED) is 0.554. The molecule has 0 saturated carbocycles. The van der Waals surface area contributed by atoms with Crippen LogP contribution in [0.2, 0.25) is 0 Å². The molecule has 0 fully saturated rings. The Kier molecular flexibility index (Phi) is 4.20. The van der Waals surface area contributed by atoms with Crippen LogP contribution in [0, 0.1) is 11.3 Å². The van der Waals surface area contributed by atoms with E-state index in [9.17, 15) is 4.79 Å². The molecular weight excluding hydrogens is 160 g/mol. The summed E-state index contributed by atoms with van der Waals surface area (Å²) in [5.74, 6) is -1.43. The fourth-order valence-electron chi connectivity index (χ4n) is 1.01. The maximum absolute atomic E-state index is 10.4. The Hall–Kier alpha value is -0.610. The third-order valence-corrected chi connectivity index (χ3v) is 1.98. The van der Waals surface area contributed by atoms with Crippen LogP contribution in [0.15, 0.2) is 0 Å². The number of hydrogen-bond acceptors (Lipinski definition) is 3. The molecular formula is C8H16O4. The number of carboxylic acids is 1. The van der Waals surface area contributed by atoms with Gasteiger partial charge in [0.05, 0.1) is 19.1 Å². The fraction of sp³-hybridized carbons (Fsp3) is 0.875. The smallest absolute Gasteiger partial charge is 0.306 e. The summed E-state index contributed by atoms with van der Waals surface area (Å²) < 4.78 is 0. The predicted octanol–water partition coefficient (Wildman–Crippen LogP) is 0.0881. The number of aliphatic hydroxyl groups is 2. The molecule has 72 valence electrons. The van der Waals surface area contributed by atoms with Gasteiger partial charge < -0.3 is 15.3 Å². The Labute approximate surface area is 71.8 Å². The third kappa shape index (κ3) is 3.19. The molecule has 0 rings (SSSR count). The van der Waals surface area contributed by atoms with Gasteiger partial charge in [0.25, 0.3) is 0 Å². The lowest BCUT2D eigenvalue weighted by molar-refractivity contribution is -0.142. The van der Waals surface area contributed by atoms with Crippen molar-refractivity contribution in [2.45, 2.75) is 20.3 Å². The van der Waals surface area contributed by atoms with Crippen molar-refractivity contribution in [3.05, 3.63) is 0 Å². The second-order valence-electron chi connectivity index (χ2n) is 3.57. The molecule has 0 spiro atoms. The van der Waals surface area contributed by atoms with E-state index in [0.717, 1.165) is 0 Å². The van der Waals surface area contributed by atoms with Gasteiger partial charge >= 0.3 is 5.97 Å². The number of aliphatic carboxylic acids is 1. The summed E-state index contributed by atoms with van der Waals surface area (Å²) in [5, 5.41) is 26.3. The van der Waals surface area contributed by atoms with Gasteiger partial charge in [-0.15, -0.1) is 0 Å². The highest BCUT2D eigenvalue weighted by atomic mass is 16.4. The minimum absolute atomic E-state index is 0.193. The summed E-state index contributed by atoms with van der Waals surface area (Å²) in [6.07, 6.45) is 0.287. The molecule has 0 radical (unpaired) electrons. The van der Waals surface area contributed by atoms with E-state index < -0.39 is 17.3 Å². The van der Waals surface area contributed by atoms with E-state index in [1.165, 1.54) is 0 Å². The number of carbonyl (C=O) groups is 1. The van der Waals surface area contributed by atoms with Gasteiger partial charge in [-0.05, 0) is 6.42 Å². The van der Waals surface area contributed by atoms with E-state index in [0.29, 0.717) is 0 Å². The Bertz CT molecular complexity index is 151. The van der Waals surface area contributed by atoms with Gasteiger partial charge in [-0.1, -0.05) is 13.8 Å². The van der Waals surface area contributed by atoms with Crippen molar-refractivity contribution in [2.24, 2.45) is 11.3 Å². The van der Waals surface area contributed by atoms with Crippen LogP contribution in [0.25, 0.3) is 0 Å². The molecule has 0 amide bonds. The SMILES string of the molecule is CC(CC(C)(CO)CO)C(=O)O. The number of rotatable bonds is 5. The van der Waals surface area contributed by atoms with E-state index in [4.69, 9.17) is 15.3 Å². The molecule has 12 heavy (non-hydrogen) atoms. The summed E-state index contributed by atoms with van der Waals surface area (Å²) in [5.41, 5.74) is -0.683. The summed E-state index contributed by atoms with van der Waals surface area (Å²) in [7, 11) is 0. The van der Waals surface area contributed by atoms with Crippen LogP contribution in [-0.2, 0) is 4.79 Å². The molecule has 1 unspecified atom stereocenters. The average molecular weight is 176 g/mol. The molecule has 4 heteroatoms. The van der Waals surface area contributed by atoms with Gasteiger partial charge in [-0.3, -0.25) is 4.79 Å². The molecule has 0 heterocycles. The summed E-state index contributed by atoms with van der Waals surface area (Å²) >= 11 is 0. The first-order chi connectivity index (χ1) is 5.45. The molecule has 0 aromatic heterocycles. The zero-order valence-corrected chi connectivity index (χ0v) is 7.45. The van der Waals surface area contributed by atoms with Crippen LogP contribution >= 0.6 is 0 Å². The summed E-state index contributed by atoms with van der Waals surface area (Å²) in [6.45, 7) is 2.83. The highest BCUT2D eigenvalue weighted by molar-refractivity contribution is 5.69. The molecule has 0 aliphatic heterocycles. The number of hydrogen-bond donors (Lipinski definition) is 3. The van der Waals surface area contributed by atoms with Gasteiger partial charge in [0.15, 0.2) is 0 Å². The third-order valence-electron chi connectivity index (χ3n) is 1.98. The molecule has 1 atom stereocenters. The number of aliphatic hydroxyl groups excluding tert-OH is 2. The fourth-order valence-corrected chi connectivity index (χ4v) is 1.01. The molecule has 0 aliphatic carbocycles. The van der Waals surface area contributed by atoms with Crippen molar-refractivity contribution in [2.75, 3.05) is 13.2 Å². The highest BCUT2D eigenvalue weighted by Gasteiger charge is 2.27. The van der Waals surface area contributed by atoms with Crippen LogP contribution in [0.4, 0.5) is 0 Å². The summed E-state index contributed by atoms with van der Waals surface area (Å²) in [4.78, 5) is 10.4. The monoisotopic (exact) mass is 176 g/mol. The van der Waals surface area contributed by atoms with Crippen LogP contribution in [0.1, 0.15) is 20.3 Å². The van der Waals surface area contributed by atoms with Gasteiger partial charge in [-0.2, -0.15) is 0 Å². The van der Waals surface area contributed by atoms with E-state index >= 15 is 0 Å². The Morgan fingerprint density at radius 2 is 1.83 bits per heavy atom. The van der Waals surface area contributed by atoms with E-state index in [2.05, 4.69) is 0 Å². The zero-order valence-electron chi connectivity index (χ0n) is 7.45. The van der Waals surface area contributed by atoms with Gasteiger partial charge in [-0.25, -0.2) is 0 Å². The first-order valence-corrected chi connectivity index (χ1v) is 3.90. The predicted molar refractivity (Wildman–Crippen MR) is 43.7 cm³/mol. The van der Waals surface area contributed by atoms with E-state index in [-0.39, 0.29) is 19.6 Å². The molecule has 0 aliphatic rings. The van der Waals surface area contributed by atoms with Crippen LogP contribution in [-0.4, -0.2) is 34.5 Å². The molecule has 3 N–H and O–H groups in total. The van der Waals surface area contributed by atoms with Crippen LogP contribution in [0.3, 0.4) is 0 Å². The number of carboxylic acid groups (broad SMARTS) is 1. The lowest BCUT2D eigenvalue weighted by Crippen LogP contribution is -2.30. The molecule has 0 saturated heterocycles. The minimum Gasteiger partial charge on any atom is -0.481 e. The molecule has 4 nitrogen and oxygen atoms in total. The maximum Gasteiger partial charge on any atom is 0.306 e. The average Bonchev–Trinajstić information content (AvgIpc) is 2.04. The van der Waals surface area contributed by atoms with Gasteiger partial charge in [0.2, 0.25) is 0 Å². The zero-order chi connectivity index (χ0) is 9.78. The lowest BCUT2D eigenvalue weighted by atomic mass is 9.83. The molecule has 0 aromatic carbocycles. The first-order valence-electron chi connectivity index (χ1n) is 3.90. The second kappa shape index (κ2) is 4.42. The van der Waals surface area contributed by atoms with Gasteiger partial charge in [0.1, 0.15) is 0 Å². The van der Waals surface area contributed by atoms with E-state index in [1.54, 1.807) is 13.8 Å². The van der Waals surface area contributed by atoms with Crippen molar-refractivity contribution < 1.29 is 20.1 Å². The van der Waals surface area contributed by atoms with Crippen molar-refractivity contribution in [1.82, 2.24) is 0 Å². The molecule has 0 bridgehead atoms. The summed E-state index contributed by atoms with van der Waals surface area (Å²) in [6, 6.07) is 0. The Morgan fingerprint density at radius 3 is 2.08 bits per heavy atom. The lowest BCUT2D eigenvalue weighted by Gasteiger charge is -2.26. The topological polar surface area (TPSA) is 77.8 Å². The van der Waals surface area contributed by atoms with Crippen molar-refractivity contribution in [3.63, 3.8) is 0 Å². The van der Waals surface area contributed by atoms with Crippen molar-refractivity contribution >= 4 is 5.97 Å². The Balaban J connectivity index is 4.11. The minimum atomic E-state index is -0.900. The second-order valence-corrected chi connectivity index (χ2v) is 3.57. The largest absolute Gasteiger partial charge is 0.481 e. The normalized spacial score (nSPS) is 14.3. The van der Waals surface area contributed by atoms with E-state index in [1.807, 2.05) is 0 Å². The van der Waals surface area contributed by atoms with Crippen LogP contribution in [0.5, 0.6) is 0 Å².